The average molecular weight is 659 g/mol. The zero-order valence-electron chi connectivity index (χ0n) is 28.4. The lowest BCUT2D eigenvalue weighted by molar-refractivity contribution is 0.00557. The maximum absolute atomic E-state index is 14.2. The van der Waals surface area contributed by atoms with Crippen molar-refractivity contribution in [1.82, 2.24) is 19.2 Å². The number of aromatic nitrogens is 3. The summed E-state index contributed by atoms with van der Waals surface area (Å²) < 4.78 is 30.2. The number of ether oxygens (including phenoxy) is 2. The number of hydrogen-bond donors (Lipinski definition) is 0. The monoisotopic (exact) mass is 658 g/mol. The van der Waals surface area contributed by atoms with Crippen LogP contribution in [0.25, 0.3) is 32.8 Å². The van der Waals surface area contributed by atoms with Gasteiger partial charge in [0, 0.05) is 54.3 Å². The molecule has 3 aromatic carbocycles. The number of fused-ring (bicyclic) bond motifs is 2. The van der Waals surface area contributed by atoms with Crippen LogP contribution in [0.1, 0.15) is 61.1 Å². The molecule has 3 heterocycles. The summed E-state index contributed by atoms with van der Waals surface area (Å²) in [4.78, 5) is 16.5. The molecule has 1 saturated heterocycles. The molecule has 1 aliphatic heterocycles. The quantitative estimate of drug-likeness (QED) is 0.111. The molecule has 0 spiro atoms. The molecule has 47 heavy (non-hydrogen) atoms. The normalized spacial score (nSPS) is 14.2. The van der Waals surface area contributed by atoms with Crippen molar-refractivity contribution in [3.05, 3.63) is 82.0 Å². The maximum atomic E-state index is 14.2. The van der Waals surface area contributed by atoms with Gasteiger partial charge in [0.25, 0.3) is 0 Å². The molecule has 0 saturated carbocycles. The number of rotatable bonds is 10. The first-order valence-electron chi connectivity index (χ1n) is 16.4. The fraction of sp³-hybridized carbons (Fsp3) is 0.421. The van der Waals surface area contributed by atoms with Gasteiger partial charge in [-0.25, -0.2) is 9.18 Å². The first-order valence-corrected chi connectivity index (χ1v) is 16.8. The molecule has 0 radical (unpaired) electrons. The number of hydrogen-bond acceptors (Lipinski definition) is 5. The maximum Gasteiger partial charge on any atom is 0.355 e. The van der Waals surface area contributed by atoms with Gasteiger partial charge in [-0.3, -0.25) is 4.68 Å². The first kappa shape index (κ1) is 33.0. The van der Waals surface area contributed by atoms with Crippen molar-refractivity contribution < 1.29 is 18.7 Å². The highest BCUT2D eigenvalue weighted by atomic mass is 35.5. The third kappa shape index (κ3) is 6.63. The van der Waals surface area contributed by atoms with Crippen LogP contribution < -0.4 is 4.74 Å². The van der Waals surface area contributed by atoms with Gasteiger partial charge >= 0.3 is 5.97 Å². The fourth-order valence-corrected chi connectivity index (χ4v) is 7.25. The summed E-state index contributed by atoms with van der Waals surface area (Å²) in [6.07, 6.45) is 2.18. The van der Waals surface area contributed by atoms with Crippen LogP contribution in [-0.4, -0.2) is 57.6 Å². The summed E-state index contributed by atoms with van der Waals surface area (Å²) in [7, 11) is 4.08. The van der Waals surface area contributed by atoms with Gasteiger partial charge in [0.1, 0.15) is 22.9 Å². The zero-order chi connectivity index (χ0) is 33.6. The van der Waals surface area contributed by atoms with E-state index < -0.39 is 5.60 Å². The standard InChI is InChI=1S/C38H44ClFN4O3/c1-23-33(24(2)43(7)41-23)34-31(39)16-15-30-29(11-9-19-46-32-12-8-10-26-20-27(40)13-14-28(26)32)36(37(45)47-38(3,4)5)44(35(30)34)18-17-25-21-42(6)22-25/h8,10,12-16,20,25H,9,11,17-19,21-22H2,1-7H3. The molecule has 0 aliphatic carbocycles. The Hall–Kier alpha value is -3.88. The Morgan fingerprint density at radius 1 is 1.04 bits per heavy atom. The molecular formula is C38H44ClFN4O3. The van der Waals surface area contributed by atoms with Gasteiger partial charge in [0.2, 0.25) is 0 Å². The largest absolute Gasteiger partial charge is 0.493 e. The van der Waals surface area contributed by atoms with Crippen molar-refractivity contribution in [1.29, 1.82) is 0 Å². The van der Waals surface area contributed by atoms with E-state index in [0.29, 0.717) is 48.4 Å². The Morgan fingerprint density at radius 3 is 2.47 bits per heavy atom. The summed E-state index contributed by atoms with van der Waals surface area (Å²) in [5, 5.41) is 7.98. The van der Waals surface area contributed by atoms with E-state index in [1.165, 1.54) is 12.1 Å². The summed E-state index contributed by atoms with van der Waals surface area (Å²) in [5.74, 6) is 0.646. The summed E-state index contributed by atoms with van der Waals surface area (Å²) >= 11 is 7.07. The Morgan fingerprint density at radius 2 is 1.79 bits per heavy atom. The summed E-state index contributed by atoms with van der Waals surface area (Å²) in [6.45, 7) is 12.9. The highest BCUT2D eigenvalue weighted by molar-refractivity contribution is 6.35. The molecule has 9 heteroatoms. The Kier molecular flexibility index (Phi) is 9.11. The van der Waals surface area contributed by atoms with Crippen molar-refractivity contribution in [2.24, 2.45) is 13.0 Å². The van der Waals surface area contributed by atoms with E-state index in [-0.39, 0.29) is 11.8 Å². The van der Waals surface area contributed by atoms with Gasteiger partial charge in [0.15, 0.2) is 0 Å². The Labute approximate surface area is 281 Å². The van der Waals surface area contributed by atoms with Gasteiger partial charge in [0.05, 0.1) is 22.8 Å². The van der Waals surface area contributed by atoms with E-state index in [0.717, 1.165) is 69.3 Å². The number of halogens is 2. The number of benzene rings is 3. The van der Waals surface area contributed by atoms with Crippen LogP contribution in [0.2, 0.25) is 5.02 Å². The number of carbonyl (C=O) groups excluding carboxylic acids is 1. The van der Waals surface area contributed by atoms with Crippen molar-refractivity contribution in [3.63, 3.8) is 0 Å². The second-order valence-corrected chi connectivity index (χ2v) is 14.3. The van der Waals surface area contributed by atoms with Crippen LogP contribution in [0.15, 0.2) is 48.5 Å². The van der Waals surface area contributed by atoms with Crippen molar-refractivity contribution in [2.75, 3.05) is 26.7 Å². The lowest BCUT2D eigenvalue weighted by Gasteiger charge is -2.36. The van der Waals surface area contributed by atoms with Gasteiger partial charge in [-0.2, -0.15) is 5.10 Å². The highest BCUT2D eigenvalue weighted by Gasteiger charge is 2.31. The first-order chi connectivity index (χ1) is 22.3. The smallest absolute Gasteiger partial charge is 0.355 e. The third-order valence-corrected chi connectivity index (χ3v) is 9.48. The van der Waals surface area contributed by atoms with Crippen molar-refractivity contribution in [3.8, 4) is 16.9 Å². The lowest BCUT2D eigenvalue weighted by Crippen LogP contribution is -2.44. The zero-order valence-corrected chi connectivity index (χ0v) is 29.2. The van der Waals surface area contributed by atoms with E-state index in [4.69, 9.17) is 26.2 Å². The van der Waals surface area contributed by atoms with Crippen LogP contribution in [0.4, 0.5) is 4.39 Å². The van der Waals surface area contributed by atoms with Gasteiger partial charge in [-0.05, 0) is 108 Å². The van der Waals surface area contributed by atoms with Crippen molar-refractivity contribution in [2.45, 2.75) is 66.0 Å². The minimum atomic E-state index is -0.666. The van der Waals surface area contributed by atoms with Crippen LogP contribution in [0.5, 0.6) is 5.75 Å². The molecule has 0 N–H and O–H groups in total. The van der Waals surface area contributed by atoms with Crippen LogP contribution in [-0.2, 0) is 24.8 Å². The van der Waals surface area contributed by atoms with Gasteiger partial charge in [-0.15, -0.1) is 0 Å². The summed E-state index contributed by atoms with van der Waals surface area (Å²) in [6, 6.07) is 14.4. The molecule has 5 aromatic rings. The number of aryl methyl sites for hydroxylation is 4. The minimum Gasteiger partial charge on any atom is -0.493 e. The van der Waals surface area contributed by atoms with E-state index >= 15 is 0 Å². The molecule has 1 aliphatic rings. The molecule has 248 valence electrons. The minimum absolute atomic E-state index is 0.277. The fourth-order valence-electron chi connectivity index (χ4n) is 7.01. The van der Waals surface area contributed by atoms with E-state index in [1.807, 2.05) is 69.8 Å². The molecule has 0 amide bonds. The van der Waals surface area contributed by atoms with Crippen LogP contribution >= 0.6 is 11.6 Å². The second-order valence-electron chi connectivity index (χ2n) is 13.9. The molecule has 0 bridgehead atoms. The highest BCUT2D eigenvalue weighted by Crippen LogP contribution is 2.43. The third-order valence-electron chi connectivity index (χ3n) is 9.16. The van der Waals surface area contributed by atoms with Crippen molar-refractivity contribution >= 4 is 39.2 Å². The second kappa shape index (κ2) is 13.0. The molecular weight excluding hydrogens is 615 g/mol. The number of nitrogens with zero attached hydrogens (tertiary/aromatic N) is 4. The Balaban J connectivity index is 1.44. The number of carbonyl (C=O) groups is 1. The summed E-state index contributed by atoms with van der Waals surface area (Å²) in [5.41, 5.74) is 5.56. The van der Waals surface area contributed by atoms with Gasteiger partial charge < -0.3 is 18.9 Å². The Bertz CT molecular complexity index is 1970. The number of esters is 1. The van der Waals surface area contributed by atoms with Crippen LogP contribution in [0.3, 0.4) is 0 Å². The molecule has 7 nitrogen and oxygen atoms in total. The van der Waals surface area contributed by atoms with Gasteiger partial charge in [-0.1, -0.05) is 29.8 Å². The van der Waals surface area contributed by atoms with E-state index in [2.05, 4.69) is 23.4 Å². The van der Waals surface area contributed by atoms with E-state index in [9.17, 15) is 9.18 Å². The predicted molar refractivity (Wildman–Crippen MR) is 187 cm³/mol. The molecule has 0 atom stereocenters. The lowest BCUT2D eigenvalue weighted by atomic mass is 9.97. The molecule has 2 aromatic heterocycles. The van der Waals surface area contributed by atoms with E-state index in [1.54, 1.807) is 6.07 Å². The number of likely N-dealkylation sites (tertiary alicyclic amines) is 1. The topological polar surface area (TPSA) is 61.5 Å². The van der Waals surface area contributed by atoms with Crippen LogP contribution in [0, 0.1) is 25.6 Å². The predicted octanol–water partition coefficient (Wildman–Crippen LogP) is 8.52. The molecule has 0 unspecified atom stereocenters. The average Bonchev–Trinajstić information content (AvgIpc) is 3.43. The molecule has 6 rings (SSSR count). The SMILES string of the molecule is Cc1nn(C)c(C)c1-c1c(Cl)ccc2c(CCCOc3cccc4cc(F)ccc34)c(C(=O)OC(C)(C)C)n(CCC3CN(C)C3)c12. The molecule has 1 fully saturated rings.